The molecule has 0 atom stereocenters. The smallest absolute Gasteiger partial charge is 0.242 e. The van der Waals surface area contributed by atoms with Crippen molar-refractivity contribution >= 4 is 28.9 Å². The number of anilines is 4. The van der Waals surface area contributed by atoms with Crippen LogP contribution in [-0.4, -0.2) is 72.3 Å². The highest BCUT2D eigenvalue weighted by Gasteiger charge is 2.31. The number of nitrogens with zero attached hydrogens (tertiary/aromatic N) is 4. The topological polar surface area (TPSA) is 132 Å². The molecule has 2 aromatic carbocycles. The molecule has 5 rings (SSSR count). The Balaban J connectivity index is 1.16. The number of carbonyl (C=O) groups excluding carboxylic acids is 1. The zero-order chi connectivity index (χ0) is 28.1. The molecule has 3 heterocycles. The number of hydrogen-bond donors (Lipinski definition) is 3. The van der Waals surface area contributed by atoms with Gasteiger partial charge in [0.05, 0.1) is 36.7 Å². The van der Waals surface area contributed by atoms with E-state index in [0.717, 1.165) is 56.1 Å². The molecule has 0 bridgehead atoms. The van der Waals surface area contributed by atoms with Gasteiger partial charge in [-0.1, -0.05) is 0 Å². The van der Waals surface area contributed by atoms with Gasteiger partial charge in [0.1, 0.15) is 5.75 Å². The number of rotatable bonds is 8. The van der Waals surface area contributed by atoms with Crippen molar-refractivity contribution in [1.82, 2.24) is 14.9 Å². The fourth-order valence-electron chi connectivity index (χ4n) is 5.04. The molecule has 40 heavy (non-hydrogen) atoms. The second-order valence-electron chi connectivity index (χ2n) is 11.1. The molecule has 2 saturated heterocycles. The molecular formula is C30H39N7O3. The summed E-state index contributed by atoms with van der Waals surface area (Å²) in [6.07, 6.45) is 3.50. The molecule has 2 aliphatic rings. The number of nitrogens with two attached hydrogens (primary N) is 2. The molecule has 5 N–H and O–H groups in total. The Hall–Kier alpha value is -3.89. The molecule has 0 saturated carbocycles. The number of hydrogen-bond acceptors (Lipinski definition) is 9. The maximum atomic E-state index is 12.4. The quantitative estimate of drug-likeness (QED) is 0.363. The van der Waals surface area contributed by atoms with Crippen LogP contribution in [0.2, 0.25) is 0 Å². The molecule has 0 unspecified atom stereocenters. The number of morpholine rings is 1. The third kappa shape index (κ3) is 6.81. The minimum Gasteiger partial charge on any atom is -0.491 e. The summed E-state index contributed by atoms with van der Waals surface area (Å²) in [6, 6.07) is 15.8. The van der Waals surface area contributed by atoms with Crippen molar-refractivity contribution < 1.29 is 14.3 Å². The van der Waals surface area contributed by atoms with Gasteiger partial charge in [0.15, 0.2) is 0 Å². The lowest BCUT2D eigenvalue weighted by molar-refractivity contribution is -0.137. The van der Waals surface area contributed by atoms with Crippen LogP contribution in [0.25, 0.3) is 11.3 Å². The monoisotopic (exact) mass is 545 g/mol. The average Bonchev–Trinajstić information content (AvgIpc) is 2.97. The highest BCUT2D eigenvalue weighted by molar-refractivity contribution is 5.85. The second kappa shape index (κ2) is 12.1. The van der Waals surface area contributed by atoms with Gasteiger partial charge in [0, 0.05) is 49.3 Å². The van der Waals surface area contributed by atoms with Crippen molar-refractivity contribution in [3.05, 3.63) is 54.7 Å². The van der Waals surface area contributed by atoms with Crippen molar-refractivity contribution in [3.8, 4) is 17.0 Å². The van der Waals surface area contributed by atoms with E-state index in [-0.39, 0.29) is 5.91 Å². The van der Waals surface area contributed by atoms with Gasteiger partial charge in [-0.25, -0.2) is 9.97 Å². The van der Waals surface area contributed by atoms with Gasteiger partial charge in [0.2, 0.25) is 11.9 Å². The predicted octanol–water partition coefficient (Wildman–Crippen LogP) is 3.66. The molecule has 0 aliphatic carbocycles. The second-order valence-corrected chi connectivity index (χ2v) is 11.1. The predicted molar refractivity (Wildman–Crippen MR) is 158 cm³/mol. The number of piperidine rings is 1. The number of benzene rings is 2. The lowest BCUT2D eigenvalue weighted by Gasteiger charge is -2.35. The van der Waals surface area contributed by atoms with Gasteiger partial charge in [-0.15, -0.1) is 0 Å². The Labute approximate surface area is 235 Å². The molecule has 10 heteroatoms. The Bertz CT molecular complexity index is 1300. The van der Waals surface area contributed by atoms with Gasteiger partial charge in [-0.3, -0.25) is 4.79 Å². The molecule has 212 valence electrons. The maximum absolute atomic E-state index is 12.4. The summed E-state index contributed by atoms with van der Waals surface area (Å²) >= 11 is 0. The third-order valence-corrected chi connectivity index (χ3v) is 7.39. The number of aromatic nitrogens is 2. The zero-order valence-electron chi connectivity index (χ0n) is 23.3. The summed E-state index contributed by atoms with van der Waals surface area (Å²) in [6.45, 7) is 8.78. The van der Waals surface area contributed by atoms with Crippen LogP contribution >= 0.6 is 0 Å². The van der Waals surface area contributed by atoms with Gasteiger partial charge < -0.3 is 36.1 Å². The summed E-state index contributed by atoms with van der Waals surface area (Å²) in [5.41, 5.74) is 15.8. The summed E-state index contributed by atoms with van der Waals surface area (Å²) in [5.74, 6) is 1.52. The SMILES string of the molecule is CC(C)(N)C(=O)N1CCC(COc2ccc(-c3ccnc(Nc4ccc(N5CCOCC5)cc4)n3)cc2N)CC1. The minimum atomic E-state index is -0.839. The lowest BCUT2D eigenvalue weighted by Crippen LogP contribution is -2.53. The van der Waals surface area contributed by atoms with Gasteiger partial charge in [-0.05, 0) is 81.1 Å². The molecule has 3 aromatic rings. The third-order valence-electron chi connectivity index (χ3n) is 7.39. The lowest BCUT2D eigenvalue weighted by atomic mass is 9.95. The normalized spacial score (nSPS) is 16.6. The standard InChI is InChI=1S/C30H39N7O3/c1-30(2,32)28(38)37-13-10-21(11-14-37)20-40-27-8-3-22(19-25(27)31)26-9-12-33-29(35-26)34-23-4-6-24(7-5-23)36-15-17-39-18-16-36/h3-9,12,19,21H,10-11,13-18,20,31-32H2,1-2H3,(H,33,34,35). The fraction of sp³-hybridized carbons (Fsp3) is 0.433. The molecule has 2 fully saturated rings. The Morgan fingerprint density at radius 1 is 1.07 bits per heavy atom. The Kier molecular flexibility index (Phi) is 8.37. The Morgan fingerprint density at radius 3 is 2.48 bits per heavy atom. The molecular weight excluding hydrogens is 506 g/mol. The largest absolute Gasteiger partial charge is 0.491 e. The van der Waals surface area contributed by atoms with Crippen molar-refractivity contribution in [2.45, 2.75) is 32.2 Å². The molecule has 10 nitrogen and oxygen atoms in total. The van der Waals surface area contributed by atoms with Crippen molar-refractivity contribution in [2.24, 2.45) is 11.7 Å². The number of carbonyl (C=O) groups is 1. The van der Waals surface area contributed by atoms with Crippen LogP contribution in [0.1, 0.15) is 26.7 Å². The van der Waals surface area contributed by atoms with E-state index >= 15 is 0 Å². The summed E-state index contributed by atoms with van der Waals surface area (Å²) in [5, 5.41) is 3.29. The van der Waals surface area contributed by atoms with Gasteiger partial charge in [0.25, 0.3) is 0 Å². The number of amides is 1. The van der Waals surface area contributed by atoms with Crippen molar-refractivity contribution in [2.75, 3.05) is 62.0 Å². The highest BCUT2D eigenvalue weighted by atomic mass is 16.5. The molecule has 1 amide bonds. The minimum absolute atomic E-state index is 0.00327. The highest BCUT2D eigenvalue weighted by Crippen LogP contribution is 2.30. The van der Waals surface area contributed by atoms with Gasteiger partial charge >= 0.3 is 0 Å². The van der Waals surface area contributed by atoms with E-state index in [1.807, 2.05) is 41.3 Å². The molecule has 1 aromatic heterocycles. The van der Waals surface area contributed by atoms with Crippen LogP contribution < -0.4 is 26.4 Å². The van der Waals surface area contributed by atoms with E-state index in [1.54, 1.807) is 20.0 Å². The van der Waals surface area contributed by atoms with E-state index in [4.69, 9.17) is 25.9 Å². The summed E-state index contributed by atoms with van der Waals surface area (Å²) in [7, 11) is 0. The first-order chi connectivity index (χ1) is 19.3. The molecule has 0 radical (unpaired) electrons. The van der Waals surface area contributed by atoms with Crippen molar-refractivity contribution in [1.29, 1.82) is 0 Å². The van der Waals surface area contributed by atoms with Crippen LogP contribution in [0.3, 0.4) is 0 Å². The van der Waals surface area contributed by atoms with E-state index in [9.17, 15) is 4.79 Å². The van der Waals surface area contributed by atoms with E-state index in [1.165, 1.54) is 5.69 Å². The number of nitrogen functional groups attached to an aromatic ring is 1. The summed E-state index contributed by atoms with van der Waals surface area (Å²) in [4.78, 5) is 25.7. The number of likely N-dealkylation sites (tertiary alicyclic amines) is 1. The molecule has 2 aliphatic heterocycles. The first-order valence-electron chi connectivity index (χ1n) is 13.9. The van der Waals surface area contributed by atoms with E-state index in [2.05, 4.69) is 27.3 Å². The zero-order valence-corrected chi connectivity index (χ0v) is 23.3. The number of nitrogens with one attached hydrogen (secondary N) is 1. The maximum Gasteiger partial charge on any atom is 0.242 e. The fourth-order valence-corrected chi connectivity index (χ4v) is 5.04. The average molecular weight is 546 g/mol. The van der Waals surface area contributed by atoms with E-state index < -0.39 is 5.54 Å². The number of ether oxygens (including phenoxy) is 2. The first-order valence-corrected chi connectivity index (χ1v) is 13.9. The van der Waals surface area contributed by atoms with Crippen LogP contribution in [0, 0.1) is 5.92 Å². The van der Waals surface area contributed by atoms with Crippen LogP contribution in [0.15, 0.2) is 54.7 Å². The molecule has 0 spiro atoms. The van der Waals surface area contributed by atoms with Crippen LogP contribution in [-0.2, 0) is 9.53 Å². The summed E-state index contributed by atoms with van der Waals surface area (Å²) < 4.78 is 11.5. The van der Waals surface area contributed by atoms with Gasteiger partial charge in [-0.2, -0.15) is 0 Å². The van der Waals surface area contributed by atoms with Crippen molar-refractivity contribution in [3.63, 3.8) is 0 Å². The first kappa shape index (κ1) is 27.7. The van der Waals surface area contributed by atoms with E-state index in [0.29, 0.717) is 43.0 Å². The van der Waals surface area contributed by atoms with Crippen LogP contribution in [0.4, 0.5) is 23.0 Å². The van der Waals surface area contributed by atoms with Crippen LogP contribution in [0.5, 0.6) is 5.75 Å². The Morgan fingerprint density at radius 2 is 1.80 bits per heavy atom.